The zero-order valence-electron chi connectivity index (χ0n) is 10.2. The molecule has 0 amide bonds. The third-order valence-corrected chi connectivity index (χ3v) is 3.40. The number of nitrogens with zero attached hydrogens (tertiary/aromatic N) is 2. The highest BCUT2D eigenvalue weighted by Crippen LogP contribution is 2.27. The van der Waals surface area contributed by atoms with E-state index >= 15 is 0 Å². The molecule has 2 N–H and O–H groups in total. The molecule has 18 heavy (non-hydrogen) atoms. The van der Waals surface area contributed by atoms with Gasteiger partial charge >= 0.3 is 0 Å². The first-order valence-corrected chi connectivity index (χ1v) is 6.61. The molecule has 5 heteroatoms. The molecule has 0 aliphatic heterocycles. The highest BCUT2D eigenvalue weighted by molar-refractivity contribution is 9.10. The maximum atomic E-state index is 9.87. The van der Waals surface area contributed by atoms with Crippen LogP contribution in [0.3, 0.4) is 0 Å². The lowest BCUT2D eigenvalue weighted by Crippen LogP contribution is -2.29. The van der Waals surface area contributed by atoms with Crippen molar-refractivity contribution in [3.05, 3.63) is 47.0 Å². The number of hydrogen-bond acceptors (Lipinski definition) is 3. The predicted octanol–water partition coefficient (Wildman–Crippen LogP) is 2.53. The average Bonchev–Trinajstić information content (AvgIpc) is 2.84. The minimum absolute atomic E-state index is 0.303. The summed E-state index contributed by atoms with van der Waals surface area (Å²) in [5, 5.41) is 13.2. The number of para-hydroxylation sites is 1. The van der Waals surface area contributed by atoms with Crippen LogP contribution in [-0.2, 0) is 13.1 Å². The molecule has 4 nitrogen and oxygen atoms in total. The predicted molar refractivity (Wildman–Crippen MR) is 74.3 cm³/mol. The van der Waals surface area contributed by atoms with Crippen molar-refractivity contribution in [1.82, 2.24) is 14.9 Å². The van der Waals surface area contributed by atoms with Crippen molar-refractivity contribution >= 4 is 15.9 Å². The van der Waals surface area contributed by atoms with Gasteiger partial charge in [-0.1, -0.05) is 12.1 Å². The van der Waals surface area contributed by atoms with Crippen LogP contribution in [0.2, 0.25) is 0 Å². The summed E-state index contributed by atoms with van der Waals surface area (Å²) < 4.78 is 2.75. The lowest BCUT2D eigenvalue weighted by molar-refractivity contribution is 0.444. The maximum Gasteiger partial charge on any atom is 0.134 e. The second-order valence-electron chi connectivity index (χ2n) is 4.29. The SMILES string of the molecule is CC(Cn1ccnc1)NCc1cccc(Br)c1O. The van der Waals surface area contributed by atoms with Gasteiger partial charge in [-0.2, -0.15) is 0 Å². The molecule has 2 aromatic rings. The number of nitrogens with one attached hydrogen (secondary N) is 1. The van der Waals surface area contributed by atoms with Crippen molar-refractivity contribution in [3.8, 4) is 5.75 Å². The highest BCUT2D eigenvalue weighted by atomic mass is 79.9. The molecule has 0 saturated heterocycles. The van der Waals surface area contributed by atoms with Crippen LogP contribution in [0.5, 0.6) is 5.75 Å². The van der Waals surface area contributed by atoms with E-state index in [2.05, 4.69) is 33.2 Å². The Labute approximate surface area is 115 Å². The van der Waals surface area contributed by atoms with Crippen LogP contribution in [-0.4, -0.2) is 20.7 Å². The van der Waals surface area contributed by atoms with Gasteiger partial charge in [0, 0.05) is 37.1 Å². The highest BCUT2D eigenvalue weighted by Gasteiger charge is 2.07. The summed E-state index contributed by atoms with van der Waals surface area (Å²) in [4.78, 5) is 4.01. The number of aromatic nitrogens is 2. The zero-order chi connectivity index (χ0) is 13.0. The average molecular weight is 310 g/mol. The van der Waals surface area contributed by atoms with Crippen molar-refractivity contribution < 1.29 is 5.11 Å². The second kappa shape index (κ2) is 6.02. The van der Waals surface area contributed by atoms with E-state index in [4.69, 9.17) is 0 Å². The van der Waals surface area contributed by atoms with E-state index in [1.807, 2.05) is 29.0 Å². The Bertz CT molecular complexity index is 499. The normalized spacial score (nSPS) is 12.6. The lowest BCUT2D eigenvalue weighted by atomic mass is 10.2. The summed E-state index contributed by atoms with van der Waals surface area (Å²) in [6.07, 6.45) is 5.51. The Morgan fingerprint density at radius 1 is 1.50 bits per heavy atom. The van der Waals surface area contributed by atoms with Crippen molar-refractivity contribution in [1.29, 1.82) is 0 Å². The number of benzene rings is 1. The number of phenols is 1. The van der Waals surface area contributed by atoms with Gasteiger partial charge in [0.2, 0.25) is 0 Å². The lowest BCUT2D eigenvalue weighted by Gasteiger charge is -2.15. The number of rotatable bonds is 5. The molecule has 96 valence electrons. The molecule has 0 bridgehead atoms. The van der Waals surface area contributed by atoms with Gasteiger partial charge in [0.25, 0.3) is 0 Å². The Morgan fingerprint density at radius 3 is 3.06 bits per heavy atom. The fourth-order valence-electron chi connectivity index (χ4n) is 1.76. The van der Waals surface area contributed by atoms with Gasteiger partial charge in [-0.15, -0.1) is 0 Å². The molecule has 0 saturated carbocycles. The Hall–Kier alpha value is -1.33. The summed E-state index contributed by atoms with van der Waals surface area (Å²) in [7, 11) is 0. The van der Waals surface area contributed by atoms with Crippen LogP contribution in [0.1, 0.15) is 12.5 Å². The molecule has 0 spiro atoms. The molecular formula is C13H16BrN3O. The van der Waals surface area contributed by atoms with Crippen LogP contribution in [0.25, 0.3) is 0 Å². The minimum Gasteiger partial charge on any atom is -0.506 e. The van der Waals surface area contributed by atoms with Crippen molar-refractivity contribution in [3.63, 3.8) is 0 Å². The van der Waals surface area contributed by atoms with Gasteiger partial charge in [0.15, 0.2) is 0 Å². The quantitative estimate of drug-likeness (QED) is 0.892. The van der Waals surface area contributed by atoms with E-state index in [0.717, 1.165) is 16.6 Å². The van der Waals surface area contributed by atoms with Crippen LogP contribution in [0, 0.1) is 0 Å². The summed E-state index contributed by atoms with van der Waals surface area (Å²) in [6, 6.07) is 5.96. The van der Waals surface area contributed by atoms with Crippen molar-refractivity contribution in [2.24, 2.45) is 0 Å². The minimum atomic E-state index is 0.303. The number of halogens is 1. The van der Waals surface area contributed by atoms with Gasteiger partial charge in [-0.05, 0) is 28.9 Å². The van der Waals surface area contributed by atoms with E-state index < -0.39 is 0 Å². The third-order valence-electron chi connectivity index (χ3n) is 2.76. The molecule has 0 fully saturated rings. The summed E-state index contributed by atoms with van der Waals surface area (Å²) in [6.45, 7) is 3.60. The maximum absolute atomic E-state index is 9.87. The molecule has 1 heterocycles. The Balaban J connectivity index is 1.89. The molecule has 1 atom stereocenters. The molecule has 0 aliphatic carbocycles. The summed E-state index contributed by atoms with van der Waals surface area (Å²) in [5.74, 6) is 0.305. The number of aromatic hydroxyl groups is 1. The first-order valence-electron chi connectivity index (χ1n) is 5.82. The Kier molecular flexibility index (Phi) is 4.38. The van der Waals surface area contributed by atoms with E-state index in [1.54, 1.807) is 12.5 Å². The molecule has 1 aromatic heterocycles. The molecule has 0 radical (unpaired) electrons. The molecule has 2 rings (SSSR count). The van der Waals surface area contributed by atoms with E-state index in [1.165, 1.54) is 0 Å². The first kappa shape index (κ1) is 13.1. The molecular weight excluding hydrogens is 294 g/mol. The van der Waals surface area contributed by atoms with Crippen LogP contribution < -0.4 is 5.32 Å². The fourth-order valence-corrected chi connectivity index (χ4v) is 2.17. The summed E-state index contributed by atoms with van der Waals surface area (Å²) in [5.41, 5.74) is 0.891. The summed E-state index contributed by atoms with van der Waals surface area (Å²) >= 11 is 3.31. The van der Waals surface area contributed by atoms with Gasteiger partial charge in [-0.25, -0.2) is 4.98 Å². The zero-order valence-corrected chi connectivity index (χ0v) is 11.8. The van der Waals surface area contributed by atoms with E-state index in [0.29, 0.717) is 18.3 Å². The van der Waals surface area contributed by atoms with E-state index in [9.17, 15) is 5.11 Å². The molecule has 1 aromatic carbocycles. The Morgan fingerprint density at radius 2 is 2.33 bits per heavy atom. The third kappa shape index (κ3) is 3.34. The first-order chi connectivity index (χ1) is 8.66. The number of hydrogen-bond donors (Lipinski definition) is 2. The second-order valence-corrected chi connectivity index (χ2v) is 5.14. The number of imidazole rings is 1. The standard InChI is InChI=1S/C13H16BrN3O/c1-10(8-17-6-5-15-9-17)16-7-11-3-2-4-12(14)13(11)18/h2-6,9-10,16,18H,7-8H2,1H3. The largest absolute Gasteiger partial charge is 0.506 e. The molecule has 0 aliphatic rings. The monoisotopic (exact) mass is 309 g/mol. The van der Waals surface area contributed by atoms with Gasteiger partial charge < -0.3 is 15.0 Å². The van der Waals surface area contributed by atoms with E-state index in [-0.39, 0.29) is 0 Å². The van der Waals surface area contributed by atoms with Gasteiger partial charge in [0.1, 0.15) is 5.75 Å². The number of phenolic OH excluding ortho intramolecular Hbond substituents is 1. The van der Waals surface area contributed by atoms with Crippen LogP contribution in [0.15, 0.2) is 41.4 Å². The van der Waals surface area contributed by atoms with Gasteiger partial charge in [-0.3, -0.25) is 0 Å². The van der Waals surface area contributed by atoms with Gasteiger partial charge in [0.05, 0.1) is 10.8 Å². The smallest absolute Gasteiger partial charge is 0.134 e. The molecule has 1 unspecified atom stereocenters. The van der Waals surface area contributed by atoms with Crippen LogP contribution in [0.4, 0.5) is 0 Å². The topological polar surface area (TPSA) is 50.1 Å². The van der Waals surface area contributed by atoms with Crippen molar-refractivity contribution in [2.45, 2.75) is 26.1 Å². The van der Waals surface area contributed by atoms with Crippen molar-refractivity contribution in [2.75, 3.05) is 0 Å². The fraction of sp³-hybridized carbons (Fsp3) is 0.308. The van der Waals surface area contributed by atoms with Crippen LogP contribution >= 0.6 is 15.9 Å².